The molecule has 5 rings (SSSR count). The summed E-state index contributed by atoms with van der Waals surface area (Å²) < 4.78 is 64.4. The quantitative estimate of drug-likeness (QED) is 0.500. The number of sulfone groups is 1. The first-order valence-electron chi connectivity index (χ1n) is 10.3. The lowest BCUT2D eigenvalue weighted by Gasteiger charge is -2.30. The molecule has 2 aromatic heterocycles. The van der Waals surface area contributed by atoms with E-state index in [2.05, 4.69) is 25.5 Å². The molecule has 2 bridgehead atoms. The number of benzene rings is 1. The van der Waals surface area contributed by atoms with Gasteiger partial charge in [-0.15, -0.1) is 11.3 Å². The van der Waals surface area contributed by atoms with Gasteiger partial charge in [0.15, 0.2) is 9.84 Å². The number of rotatable bonds is 5. The van der Waals surface area contributed by atoms with Crippen LogP contribution < -0.4 is 15.5 Å². The van der Waals surface area contributed by atoms with Crippen molar-refractivity contribution in [2.24, 2.45) is 0 Å². The first-order valence-corrected chi connectivity index (χ1v) is 13.4. The maximum Gasteiger partial charge on any atom is 0.420 e. The molecule has 3 aromatic rings. The van der Waals surface area contributed by atoms with Crippen molar-refractivity contribution in [3.63, 3.8) is 0 Å². The fraction of sp³-hybridized carbons (Fsp3) is 0.333. The molecular formula is C21H19ClF3N5O2S2. The zero-order chi connectivity index (χ0) is 24.3. The average molecular weight is 530 g/mol. The third-order valence-electron chi connectivity index (χ3n) is 5.92. The topological polar surface area (TPSA) is 87.2 Å². The van der Waals surface area contributed by atoms with Crippen LogP contribution >= 0.6 is 22.9 Å². The number of alkyl halides is 3. The molecule has 2 aliphatic heterocycles. The molecule has 2 aliphatic rings. The van der Waals surface area contributed by atoms with E-state index in [0.29, 0.717) is 29.0 Å². The van der Waals surface area contributed by atoms with Crippen LogP contribution in [0.15, 0.2) is 40.7 Å². The van der Waals surface area contributed by atoms with Crippen LogP contribution in [0.2, 0.25) is 5.02 Å². The Labute approximate surface area is 202 Å². The van der Waals surface area contributed by atoms with Crippen molar-refractivity contribution >= 4 is 50.1 Å². The molecule has 7 nitrogen and oxygen atoms in total. The van der Waals surface area contributed by atoms with Gasteiger partial charge in [-0.1, -0.05) is 11.6 Å². The summed E-state index contributed by atoms with van der Waals surface area (Å²) in [7, 11) is -3.57. The van der Waals surface area contributed by atoms with E-state index in [4.69, 9.17) is 11.6 Å². The van der Waals surface area contributed by atoms with Crippen LogP contribution in [-0.4, -0.2) is 49.8 Å². The predicted molar refractivity (Wildman–Crippen MR) is 126 cm³/mol. The first kappa shape index (κ1) is 23.3. The molecule has 0 saturated carbocycles. The van der Waals surface area contributed by atoms with Crippen molar-refractivity contribution in [1.82, 2.24) is 15.3 Å². The second-order valence-corrected chi connectivity index (χ2v) is 11.6. The van der Waals surface area contributed by atoms with Crippen molar-refractivity contribution in [3.05, 3.63) is 46.4 Å². The lowest BCUT2D eigenvalue weighted by atomic mass is 10.2. The number of nitrogens with one attached hydrogen (secondary N) is 2. The van der Waals surface area contributed by atoms with Crippen molar-refractivity contribution in [2.45, 2.75) is 29.6 Å². The zero-order valence-corrected chi connectivity index (χ0v) is 20.1. The van der Waals surface area contributed by atoms with Gasteiger partial charge < -0.3 is 15.5 Å². The van der Waals surface area contributed by atoms with Crippen LogP contribution in [0.25, 0.3) is 10.6 Å². The number of anilines is 3. The van der Waals surface area contributed by atoms with Gasteiger partial charge in [0, 0.05) is 48.7 Å². The number of hydrogen-bond acceptors (Lipinski definition) is 8. The molecule has 0 unspecified atom stereocenters. The molecule has 2 N–H and O–H groups in total. The number of nitrogens with zero attached hydrogens (tertiary/aromatic N) is 3. The van der Waals surface area contributed by atoms with E-state index < -0.39 is 27.3 Å². The van der Waals surface area contributed by atoms with Crippen LogP contribution in [-0.2, 0) is 16.0 Å². The van der Waals surface area contributed by atoms with Crippen LogP contribution in [0.4, 0.5) is 30.5 Å². The Hall–Kier alpha value is -2.41. The second-order valence-electron chi connectivity index (χ2n) is 8.31. The molecule has 0 spiro atoms. The predicted octanol–water partition coefficient (Wildman–Crippen LogP) is 4.57. The van der Waals surface area contributed by atoms with Gasteiger partial charge >= 0.3 is 6.18 Å². The SMILES string of the molecule is CS(=O)(=O)c1csc(-c2nc(Nc3ccc(N4C[C@H]5C[C@@H]4CN5)cc3Cl)ncc2C(F)(F)F)c1. The number of aromatic nitrogens is 2. The summed E-state index contributed by atoms with van der Waals surface area (Å²) in [6, 6.07) is 7.53. The Morgan fingerprint density at radius 1 is 1.29 bits per heavy atom. The highest BCUT2D eigenvalue weighted by atomic mass is 35.5. The fourth-order valence-corrected chi connectivity index (χ4v) is 6.50. The molecule has 1 aromatic carbocycles. The number of hydrogen-bond donors (Lipinski definition) is 2. The van der Waals surface area contributed by atoms with E-state index in [0.717, 1.165) is 42.8 Å². The second kappa shape index (κ2) is 8.36. The first-order chi connectivity index (χ1) is 16.0. The van der Waals surface area contributed by atoms with Crippen molar-refractivity contribution in [3.8, 4) is 10.6 Å². The zero-order valence-electron chi connectivity index (χ0n) is 17.7. The molecule has 13 heteroatoms. The normalized spacial score (nSPS) is 20.2. The Morgan fingerprint density at radius 3 is 2.68 bits per heavy atom. The summed E-state index contributed by atoms with van der Waals surface area (Å²) in [6.07, 6.45) is -1.96. The number of piperazine rings is 1. The summed E-state index contributed by atoms with van der Waals surface area (Å²) >= 11 is 7.33. The smallest absolute Gasteiger partial charge is 0.366 e. The van der Waals surface area contributed by atoms with E-state index in [1.807, 2.05) is 12.1 Å². The fourth-order valence-electron chi connectivity index (χ4n) is 4.26. The summed E-state index contributed by atoms with van der Waals surface area (Å²) in [5.41, 5.74) is -0.0376. The summed E-state index contributed by atoms with van der Waals surface area (Å²) in [6.45, 7) is 1.82. The molecule has 0 radical (unpaired) electrons. The molecule has 0 amide bonds. The molecule has 2 fully saturated rings. The lowest BCUT2D eigenvalue weighted by molar-refractivity contribution is -0.137. The monoisotopic (exact) mass is 529 g/mol. The molecule has 0 aliphatic carbocycles. The molecule has 2 saturated heterocycles. The molecule has 2 atom stereocenters. The summed E-state index contributed by atoms with van der Waals surface area (Å²) in [4.78, 5) is 10.2. The number of fused-ring (bicyclic) bond motifs is 2. The van der Waals surface area contributed by atoms with E-state index >= 15 is 0 Å². The van der Waals surface area contributed by atoms with Gasteiger partial charge in [0.25, 0.3) is 0 Å². The van der Waals surface area contributed by atoms with Gasteiger partial charge in [-0.25, -0.2) is 18.4 Å². The van der Waals surface area contributed by atoms with E-state index in [-0.39, 0.29) is 15.7 Å². The van der Waals surface area contributed by atoms with Crippen LogP contribution in [0, 0.1) is 0 Å². The molecule has 34 heavy (non-hydrogen) atoms. The molecular weight excluding hydrogens is 511 g/mol. The van der Waals surface area contributed by atoms with Crippen LogP contribution in [0.1, 0.15) is 12.0 Å². The van der Waals surface area contributed by atoms with E-state index in [9.17, 15) is 21.6 Å². The van der Waals surface area contributed by atoms with Crippen molar-refractivity contribution in [1.29, 1.82) is 0 Å². The number of halogens is 4. The van der Waals surface area contributed by atoms with Gasteiger partial charge in [-0.05, 0) is 30.7 Å². The third kappa shape index (κ3) is 4.47. The highest BCUT2D eigenvalue weighted by Gasteiger charge is 2.38. The Balaban J connectivity index is 1.45. The largest absolute Gasteiger partial charge is 0.420 e. The number of thiophene rings is 1. The van der Waals surface area contributed by atoms with E-state index in [1.165, 1.54) is 11.4 Å². The average Bonchev–Trinajstić information content (AvgIpc) is 3.51. The minimum absolute atomic E-state index is 0.0670. The Bertz CT molecular complexity index is 1360. The van der Waals surface area contributed by atoms with Gasteiger partial charge in [-0.2, -0.15) is 13.2 Å². The van der Waals surface area contributed by atoms with Gasteiger partial charge in [0.1, 0.15) is 5.56 Å². The standard InChI is InChI=1S/C21H19ClF3N5O2S2/c1-34(31,32)14-6-18(33-10-14)19-15(21(23,24)25)8-27-20(29-19)28-17-3-2-12(5-16(17)22)30-9-11-4-13(30)7-26-11/h2-3,5-6,8,10-11,13,26H,4,7,9H2,1H3,(H,27,28,29)/t11-,13-/m1/s1. The Morgan fingerprint density at radius 2 is 2.09 bits per heavy atom. The highest BCUT2D eigenvalue weighted by molar-refractivity contribution is 7.90. The van der Waals surface area contributed by atoms with Crippen molar-refractivity contribution in [2.75, 3.05) is 29.6 Å². The van der Waals surface area contributed by atoms with Gasteiger partial charge in [0.05, 0.1) is 26.2 Å². The van der Waals surface area contributed by atoms with Gasteiger partial charge in [-0.3, -0.25) is 0 Å². The highest BCUT2D eigenvalue weighted by Crippen LogP contribution is 2.40. The minimum atomic E-state index is -4.72. The molecule has 180 valence electrons. The third-order valence-corrected chi connectivity index (χ3v) is 8.41. The van der Waals surface area contributed by atoms with Crippen LogP contribution in [0.3, 0.4) is 0 Å². The maximum atomic E-state index is 13.6. The van der Waals surface area contributed by atoms with E-state index in [1.54, 1.807) is 6.07 Å². The van der Waals surface area contributed by atoms with Crippen molar-refractivity contribution < 1.29 is 21.6 Å². The lowest BCUT2D eigenvalue weighted by Crippen LogP contribution is -2.43. The molecule has 4 heterocycles. The van der Waals surface area contributed by atoms with Crippen LogP contribution in [0.5, 0.6) is 0 Å². The van der Waals surface area contributed by atoms with Gasteiger partial charge in [0.2, 0.25) is 5.95 Å². The Kier molecular flexibility index (Phi) is 5.74. The summed E-state index contributed by atoms with van der Waals surface area (Å²) in [5, 5.41) is 8.00. The minimum Gasteiger partial charge on any atom is -0.366 e. The summed E-state index contributed by atoms with van der Waals surface area (Å²) in [5.74, 6) is -0.0867. The maximum absolute atomic E-state index is 13.6.